The number of pyridine rings is 1. The summed E-state index contributed by atoms with van der Waals surface area (Å²) in [5, 5.41) is 0. The van der Waals surface area contributed by atoms with Crippen molar-refractivity contribution in [2.24, 2.45) is 5.92 Å². The molecule has 0 bridgehead atoms. The van der Waals surface area contributed by atoms with Gasteiger partial charge in [0, 0.05) is 13.5 Å². The van der Waals surface area contributed by atoms with Gasteiger partial charge in [-0.1, -0.05) is 13.8 Å². The summed E-state index contributed by atoms with van der Waals surface area (Å²) in [4.78, 5) is 17.5. The molecule has 0 aromatic carbocycles. The van der Waals surface area contributed by atoms with Crippen molar-refractivity contribution in [1.29, 1.82) is 0 Å². The van der Waals surface area contributed by atoms with Gasteiger partial charge >= 0.3 is 0 Å². The van der Waals surface area contributed by atoms with Gasteiger partial charge in [-0.25, -0.2) is 4.98 Å². The molecule has 4 heteroatoms. The first kappa shape index (κ1) is 12.5. The van der Waals surface area contributed by atoms with E-state index in [9.17, 15) is 4.79 Å². The molecule has 0 aliphatic carbocycles. The van der Waals surface area contributed by atoms with Crippen molar-refractivity contribution in [1.82, 2.24) is 4.98 Å². The Morgan fingerprint density at radius 2 is 2.19 bits per heavy atom. The molecule has 1 aromatic rings. The largest absolute Gasteiger partial charge is 0.397 e. The second kappa shape index (κ2) is 5.49. The maximum absolute atomic E-state index is 11.8. The number of nitrogens with two attached hydrogens (primary N) is 1. The topological polar surface area (TPSA) is 59.2 Å². The molecule has 0 radical (unpaired) electrons. The monoisotopic (exact) mass is 221 g/mol. The summed E-state index contributed by atoms with van der Waals surface area (Å²) < 4.78 is 0. The van der Waals surface area contributed by atoms with Crippen LogP contribution in [0.3, 0.4) is 0 Å². The zero-order valence-electron chi connectivity index (χ0n) is 10.1. The fourth-order valence-corrected chi connectivity index (χ4v) is 1.30. The molecular weight excluding hydrogens is 202 g/mol. The van der Waals surface area contributed by atoms with Crippen LogP contribution in [0.25, 0.3) is 0 Å². The number of rotatable bonds is 4. The number of hydrogen-bond acceptors (Lipinski definition) is 3. The minimum atomic E-state index is 0.0889. The average Bonchev–Trinajstić information content (AvgIpc) is 2.26. The van der Waals surface area contributed by atoms with E-state index >= 15 is 0 Å². The third kappa shape index (κ3) is 3.53. The first-order valence-corrected chi connectivity index (χ1v) is 5.48. The van der Waals surface area contributed by atoms with E-state index in [2.05, 4.69) is 18.8 Å². The number of carbonyl (C=O) groups excluding carboxylic acids is 1. The molecule has 0 fully saturated rings. The maximum Gasteiger partial charge on any atom is 0.227 e. The van der Waals surface area contributed by atoms with Crippen LogP contribution in [0.1, 0.15) is 26.7 Å². The van der Waals surface area contributed by atoms with Crippen LogP contribution in [0, 0.1) is 5.92 Å². The van der Waals surface area contributed by atoms with Gasteiger partial charge in [0.15, 0.2) is 0 Å². The number of amides is 1. The molecule has 16 heavy (non-hydrogen) atoms. The van der Waals surface area contributed by atoms with Crippen molar-refractivity contribution in [3.63, 3.8) is 0 Å². The number of nitrogens with zero attached hydrogens (tertiary/aromatic N) is 2. The van der Waals surface area contributed by atoms with Gasteiger partial charge < -0.3 is 5.73 Å². The van der Waals surface area contributed by atoms with E-state index in [4.69, 9.17) is 5.73 Å². The highest BCUT2D eigenvalue weighted by atomic mass is 16.2. The molecule has 88 valence electrons. The van der Waals surface area contributed by atoms with Crippen molar-refractivity contribution in [3.8, 4) is 0 Å². The molecule has 1 amide bonds. The van der Waals surface area contributed by atoms with Crippen molar-refractivity contribution in [3.05, 3.63) is 18.3 Å². The van der Waals surface area contributed by atoms with E-state index in [1.165, 1.54) is 0 Å². The average molecular weight is 221 g/mol. The molecular formula is C12H19N3O. The Labute approximate surface area is 96.5 Å². The molecule has 0 saturated carbocycles. The van der Waals surface area contributed by atoms with Crippen molar-refractivity contribution in [2.45, 2.75) is 26.7 Å². The van der Waals surface area contributed by atoms with Crippen LogP contribution in [0.5, 0.6) is 0 Å². The highest BCUT2D eigenvalue weighted by Gasteiger charge is 2.12. The summed E-state index contributed by atoms with van der Waals surface area (Å²) >= 11 is 0. The number of aromatic nitrogens is 1. The molecule has 0 saturated heterocycles. The lowest BCUT2D eigenvalue weighted by Gasteiger charge is -2.16. The number of carbonyl (C=O) groups is 1. The molecule has 0 unspecified atom stereocenters. The van der Waals surface area contributed by atoms with Crippen molar-refractivity contribution < 1.29 is 4.79 Å². The summed E-state index contributed by atoms with van der Waals surface area (Å²) in [6, 6.07) is 3.50. The molecule has 1 aromatic heterocycles. The quantitative estimate of drug-likeness (QED) is 0.846. The van der Waals surface area contributed by atoms with E-state index < -0.39 is 0 Å². The predicted molar refractivity (Wildman–Crippen MR) is 66.1 cm³/mol. The first-order chi connectivity index (χ1) is 7.50. The van der Waals surface area contributed by atoms with E-state index in [0.717, 1.165) is 6.42 Å². The van der Waals surface area contributed by atoms with Crippen molar-refractivity contribution in [2.75, 3.05) is 17.7 Å². The fraction of sp³-hybridized carbons (Fsp3) is 0.500. The minimum Gasteiger partial charge on any atom is -0.397 e. The molecule has 0 aliphatic heterocycles. The Morgan fingerprint density at radius 1 is 1.50 bits per heavy atom. The van der Waals surface area contributed by atoms with E-state index in [-0.39, 0.29) is 5.91 Å². The van der Waals surface area contributed by atoms with Crippen LogP contribution in [0.2, 0.25) is 0 Å². The van der Waals surface area contributed by atoms with Gasteiger partial charge in [-0.05, 0) is 24.5 Å². The Balaban J connectivity index is 2.59. The lowest BCUT2D eigenvalue weighted by atomic mass is 10.1. The second-order valence-corrected chi connectivity index (χ2v) is 4.34. The molecule has 2 N–H and O–H groups in total. The van der Waals surface area contributed by atoms with E-state index in [0.29, 0.717) is 23.8 Å². The first-order valence-electron chi connectivity index (χ1n) is 5.48. The van der Waals surface area contributed by atoms with Gasteiger partial charge in [-0.3, -0.25) is 9.69 Å². The Morgan fingerprint density at radius 3 is 2.69 bits per heavy atom. The Bertz CT molecular complexity index is 346. The smallest absolute Gasteiger partial charge is 0.227 e. The Kier molecular flexibility index (Phi) is 4.28. The van der Waals surface area contributed by atoms with Crippen LogP contribution in [-0.4, -0.2) is 17.9 Å². The maximum atomic E-state index is 11.8. The summed E-state index contributed by atoms with van der Waals surface area (Å²) in [7, 11) is 1.74. The number of hydrogen-bond donors (Lipinski definition) is 1. The summed E-state index contributed by atoms with van der Waals surface area (Å²) in [6.07, 6.45) is 3.01. The number of anilines is 2. The third-order valence-electron chi connectivity index (χ3n) is 2.42. The third-order valence-corrected chi connectivity index (χ3v) is 2.42. The normalized spacial score (nSPS) is 10.5. The van der Waals surface area contributed by atoms with Crippen LogP contribution in [0.4, 0.5) is 11.5 Å². The van der Waals surface area contributed by atoms with Gasteiger partial charge in [0.1, 0.15) is 5.82 Å². The molecule has 0 aliphatic rings. The van der Waals surface area contributed by atoms with Crippen LogP contribution in [0.15, 0.2) is 18.3 Å². The lowest BCUT2D eigenvalue weighted by molar-refractivity contribution is -0.118. The lowest BCUT2D eigenvalue weighted by Crippen LogP contribution is -2.27. The zero-order chi connectivity index (χ0) is 12.1. The highest BCUT2D eigenvalue weighted by Crippen LogP contribution is 2.13. The standard InChI is InChI=1S/C12H19N3O/c1-9(2)4-7-12(16)15(3)11-6-5-10(13)8-14-11/h5-6,8-9H,4,7,13H2,1-3H3. The van der Waals surface area contributed by atoms with Gasteiger partial charge in [0.05, 0.1) is 11.9 Å². The summed E-state index contributed by atoms with van der Waals surface area (Å²) in [5.41, 5.74) is 6.14. The van der Waals surface area contributed by atoms with E-state index in [1.807, 2.05) is 0 Å². The summed E-state index contributed by atoms with van der Waals surface area (Å²) in [6.45, 7) is 4.21. The molecule has 1 heterocycles. The Hall–Kier alpha value is -1.58. The molecule has 4 nitrogen and oxygen atoms in total. The van der Waals surface area contributed by atoms with Crippen molar-refractivity contribution >= 4 is 17.4 Å². The minimum absolute atomic E-state index is 0.0889. The van der Waals surface area contributed by atoms with Gasteiger partial charge in [-0.2, -0.15) is 0 Å². The summed E-state index contributed by atoms with van der Waals surface area (Å²) in [5.74, 6) is 1.27. The van der Waals surface area contributed by atoms with Crippen LogP contribution >= 0.6 is 0 Å². The molecule has 0 spiro atoms. The number of nitrogen functional groups attached to an aromatic ring is 1. The van der Waals surface area contributed by atoms with Gasteiger partial charge in [-0.15, -0.1) is 0 Å². The SMILES string of the molecule is CC(C)CCC(=O)N(C)c1ccc(N)cn1. The fourth-order valence-electron chi connectivity index (χ4n) is 1.30. The van der Waals surface area contributed by atoms with Gasteiger partial charge in [0.25, 0.3) is 0 Å². The predicted octanol–water partition coefficient (Wildman–Crippen LogP) is 2.06. The van der Waals surface area contributed by atoms with Crippen LogP contribution in [-0.2, 0) is 4.79 Å². The van der Waals surface area contributed by atoms with E-state index in [1.54, 1.807) is 30.3 Å². The molecule has 0 atom stereocenters. The second-order valence-electron chi connectivity index (χ2n) is 4.34. The van der Waals surface area contributed by atoms with Gasteiger partial charge in [0.2, 0.25) is 5.91 Å². The molecule has 1 rings (SSSR count). The highest BCUT2D eigenvalue weighted by molar-refractivity contribution is 5.91. The zero-order valence-corrected chi connectivity index (χ0v) is 10.1. The van der Waals surface area contributed by atoms with Crippen LogP contribution < -0.4 is 10.6 Å².